The average Bonchev–Trinajstić information content (AvgIpc) is 3.46. The zero-order valence-electron chi connectivity index (χ0n) is 41.5. The summed E-state index contributed by atoms with van der Waals surface area (Å²) in [5.74, 6) is -0.864. The van der Waals surface area contributed by atoms with Gasteiger partial charge >= 0.3 is 11.9 Å². The van der Waals surface area contributed by atoms with E-state index in [0.717, 1.165) is 25.8 Å². The second-order valence-electron chi connectivity index (χ2n) is 24.5. The molecule has 1 amide bonds. The van der Waals surface area contributed by atoms with E-state index < -0.39 is 34.4 Å². The van der Waals surface area contributed by atoms with Gasteiger partial charge in [0, 0.05) is 31.3 Å². The van der Waals surface area contributed by atoms with Crippen molar-refractivity contribution in [1.29, 1.82) is 0 Å². The van der Waals surface area contributed by atoms with E-state index in [2.05, 4.69) is 132 Å². The fourth-order valence-electron chi connectivity index (χ4n) is 8.51. The van der Waals surface area contributed by atoms with Crippen molar-refractivity contribution in [3.8, 4) is 0 Å². The normalized spacial score (nSPS) is 18.7. The van der Waals surface area contributed by atoms with Crippen molar-refractivity contribution in [2.45, 2.75) is 227 Å². The van der Waals surface area contributed by atoms with Gasteiger partial charge in [0.2, 0.25) is 5.91 Å². The number of carbonyl (C=O) groups excluding carboxylic acids is 3. The Morgan fingerprint density at radius 3 is 1.71 bits per heavy atom. The molecule has 6 unspecified atom stereocenters. The first kappa shape index (κ1) is 54.3. The predicted molar refractivity (Wildman–Crippen MR) is 237 cm³/mol. The molecule has 58 heavy (non-hydrogen) atoms. The molecule has 9 nitrogen and oxygen atoms in total. The fourth-order valence-corrected chi connectivity index (χ4v) is 8.51. The maximum Gasteiger partial charge on any atom is 0.308 e. The van der Waals surface area contributed by atoms with Crippen molar-refractivity contribution in [3.05, 3.63) is 0 Å². The molecule has 342 valence electrons. The first-order valence-electron chi connectivity index (χ1n) is 22.4. The van der Waals surface area contributed by atoms with Crippen molar-refractivity contribution in [3.63, 3.8) is 0 Å². The summed E-state index contributed by atoms with van der Waals surface area (Å²) in [6, 6.07) is 0.0211. The van der Waals surface area contributed by atoms with Gasteiger partial charge in [-0.1, -0.05) is 145 Å². The van der Waals surface area contributed by atoms with Gasteiger partial charge in [0.05, 0.1) is 24.7 Å². The van der Waals surface area contributed by atoms with Gasteiger partial charge in [0.1, 0.15) is 18.8 Å². The number of rotatable bonds is 23. The van der Waals surface area contributed by atoms with Crippen LogP contribution in [0.4, 0.5) is 0 Å². The maximum absolute atomic E-state index is 13.3. The Labute approximate surface area is 356 Å². The monoisotopic (exact) mass is 824 g/mol. The number of esters is 2. The van der Waals surface area contributed by atoms with Crippen LogP contribution < -0.4 is 0 Å². The first-order chi connectivity index (χ1) is 25.8. The molecule has 0 aromatic carbocycles. The van der Waals surface area contributed by atoms with Crippen LogP contribution in [0.2, 0.25) is 0 Å². The second kappa shape index (κ2) is 20.0. The van der Waals surface area contributed by atoms with Crippen LogP contribution >= 0.6 is 0 Å². The van der Waals surface area contributed by atoms with Crippen LogP contribution in [0.25, 0.3) is 0 Å². The van der Waals surface area contributed by atoms with E-state index in [-0.39, 0.29) is 76.4 Å². The molecule has 1 fully saturated rings. The van der Waals surface area contributed by atoms with Crippen LogP contribution in [0, 0.1) is 49.2 Å². The maximum atomic E-state index is 13.3. The summed E-state index contributed by atoms with van der Waals surface area (Å²) in [5, 5.41) is 23.1. The summed E-state index contributed by atoms with van der Waals surface area (Å²) in [4.78, 5) is 40.5. The number of aliphatic hydroxyl groups is 2. The highest BCUT2D eigenvalue weighted by Crippen LogP contribution is 2.54. The fraction of sp³-hybridized carbons (Fsp3) is 0.939. The zero-order chi connectivity index (χ0) is 45.7. The number of likely N-dealkylation sites (tertiary alicyclic amines) is 1. The molecule has 1 aliphatic heterocycles. The third kappa shape index (κ3) is 15.3. The molecule has 1 aliphatic rings. The molecule has 1 heterocycles. The molecule has 9 heteroatoms. The van der Waals surface area contributed by atoms with Crippen LogP contribution in [0.15, 0.2) is 0 Å². The summed E-state index contributed by atoms with van der Waals surface area (Å²) in [5.41, 5.74) is -2.34. The van der Waals surface area contributed by atoms with Crippen molar-refractivity contribution in [2.24, 2.45) is 49.2 Å². The van der Waals surface area contributed by atoms with E-state index in [9.17, 15) is 24.6 Å². The van der Waals surface area contributed by atoms with Crippen LogP contribution in [0.3, 0.4) is 0 Å². The van der Waals surface area contributed by atoms with Gasteiger partial charge in [-0.25, -0.2) is 0 Å². The van der Waals surface area contributed by atoms with E-state index in [1.807, 2.05) is 11.8 Å². The predicted octanol–water partition coefficient (Wildman–Crippen LogP) is 10.8. The molecule has 0 spiro atoms. The number of hydrogen-bond acceptors (Lipinski definition) is 8. The Bertz CT molecular complexity index is 1330. The quantitative estimate of drug-likeness (QED) is 0.0977. The Hall–Kier alpha value is -1.71. The summed E-state index contributed by atoms with van der Waals surface area (Å²) >= 11 is 0. The lowest BCUT2D eigenvalue weighted by atomic mass is 9.55. The minimum absolute atomic E-state index is 0.00589. The molecule has 1 saturated heterocycles. The minimum Gasteiger partial charge on any atom is -0.463 e. The number of aliphatic hydroxyl groups excluding tert-OH is 2. The van der Waals surface area contributed by atoms with Crippen LogP contribution in [0.1, 0.15) is 197 Å². The molecular formula is C49H93NO8. The van der Waals surface area contributed by atoms with Gasteiger partial charge in [-0.05, 0) is 76.4 Å². The number of hydrogen-bond donors (Lipinski definition) is 2. The van der Waals surface area contributed by atoms with E-state index in [1.165, 1.54) is 6.92 Å². The van der Waals surface area contributed by atoms with E-state index in [1.54, 1.807) is 0 Å². The zero-order valence-corrected chi connectivity index (χ0v) is 41.5. The van der Waals surface area contributed by atoms with Gasteiger partial charge in [-0.2, -0.15) is 0 Å². The lowest BCUT2D eigenvalue weighted by molar-refractivity contribution is -0.166. The van der Waals surface area contributed by atoms with Crippen molar-refractivity contribution in [1.82, 2.24) is 4.90 Å². The second-order valence-corrected chi connectivity index (χ2v) is 24.5. The molecule has 0 aliphatic carbocycles. The lowest BCUT2D eigenvalue weighted by Crippen LogP contribution is -2.52. The minimum atomic E-state index is -1.00. The average molecular weight is 824 g/mol. The van der Waals surface area contributed by atoms with Gasteiger partial charge in [0.25, 0.3) is 0 Å². The molecule has 0 aromatic heterocycles. The Kier molecular flexibility index (Phi) is 18.7. The van der Waals surface area contributed by atoms with Crippen molar-refractivity contribution >= 4 is 17.8 Å². The highest BCUT2D eigenvalue weighted by Gasteiger charge is 2.52. The molecule has 0 saturated carbocycles. The van der Waals surface area contributed by atoms with Gasteiger partial charge in [-0.15, -0.1) is 0 Å². The van der Waals surface area contributed by atoms with Gasteiger partial charge < -0.3 is 29.3 Å². The van der Waals surface area contributed by atoms with Crippen LogP contribution in [0.5, 0.6) is 0 Å². The van der Waals surface area contributed by atoms with Crippen molar-refractivity contribution < 1.29 is 38.8 Å². The molecule has 1 rings (SSSR count). The summed E-state index contributed by atoms with van der Waals surface area (Å²) in [7, 11) is 0. The summed E-state index contributed by atoms with van der Waals surface area (Å²) in [6.07, 6.45) is 3.48. The SMILES string of the molecule is CCC(C)(C)CC(N1CCCC1=O)C(C)(C)CC(C)C(=O)OCC(O)COC(CC(C)(C)C(C)(C)C(O)CC(C)(C)C(C)(C)C(CC(C)(C)C)OC(C)=O)C(C)(C)C. The third-order valence-corrected chi connectivity index (χ3v) is 14.8. The first-order valence-corrected chi connectivity index (χ1v) is 22.4. The number of nitrogens with zero attached hydrogens (tertiary/aromatic N) is 1. The molecule has 2 N–H and O–H groups in total. The number of ether oxygens (including phenoxy) is 3. The molecule has 0 radical (unpaired) electrons. The summed E-state index contributed by atoms with van der Waals surface area (Å²) < 4.78 is 18.1. The van der Waals surface area contributed by atoms with Crippen LogP contribution in [-0.2, 0) is 28.6 Å². The van der Waals surface area contributed by atoms with E-state index in [0.29, 0.717) is 32.1 Å². The number of amides is 1. The molecular weight excluding hydrogens is 731 g/mol. The molecule has 6 atom stereocenters. The topological polar surface area (TPSA) is 123 Å². The van der Waals surface area contributed by atoms with Crippen LogP contribution in [-0.4, -0.2) is 83.2 Å². The Morgan fingerprint density at radius 1 is 0.724 bits per heavy atom. The highest BCUT2D eigenvalue weighted by molar-refractivity contribution is 5.78. The van der Waals surface area contributed by atoms with E-state index >= 15 is 0 Å². The number of carbonyl (C=O) groups is 3. The Balaban J connectivity index is 3.03. The Morgan fingerprint density at radius 2 is 1.26 bits per heavy atom. The molecule has 0 bridgehead atoms. The molecule has 0 aromatic rings. The highest BCUT2D eigenvalue weighted by atomic mass is 16.6. The lowest BCUT2D eigenvalue weighted by Gasteiger charge is -2.53. The largest absolute Gasteiger partial charge is 0.463 e. The van der Waals surface area contributed by atoms with Gasteiger partial charge in [-0.3, -0.25) is 14.4 Å². The summed E-state index contributed by atoms with van der Waals surface area (Å²) in [6.45, 7) is 45.0. The third-order valence-electron chi connectivity index (χ3n) is 14.8. The van der Waals surface area contributed by atoms with Gasteiger partial charge in [0.15, 0.2) is 0 Å². The van der Waals surface area contributed by atoms with E-state index in [4.69, 9.17) is 14.2 Å². The smallest absolute Gasteiger partial charge is 0.308 e. The standard InChI is InChI=1S/C49H93NO8/c1-22-44(10,11)27-36(50-25-23-24-40(50)54)45(12,13)26-33(2)41(55)57-32-35(52)31-56-38(43(7,8)9)30-47(16,17)48(18,19)37(53)28-46(14,15)49(20,21)39(58-34(3)51)29-42(4,5)6/h33,35-39,52-53H,22-32H2,1-21H3. The van der Waals surface area contributed by atoms with Crippen molar-refractivity contribution in [2.75, 3.05) is 19.8 Å².